The molecule has 0 unspecified atom stereocenters. The third-order valence-electron chi connectivity index (χ3n) is 3.44. The number of benzene rings is 1. The Labute approximate surface area is 157 Å². The van der Waals surface area contributed by atoms with Crippen LogP contribution in [0.25, 0.3) is 0 Å². The number of carboxylic acid groups (broad SMARTS) is 2. The molecule has 150 valence electrons. The predicted octanol–water partition coefficient (Wildman–Crippen LogP) is 0.132. The van der Waals surface area contributed by atoms with E-state index in [-0.39, 0.29) is 46.9 Å². The molecule has 0 bridgehead atoms. The SMILES string of the molecule is O=C(O)c1ccccc1C(=O)O.O=C1CCC(=O)N1O.O=C1CCC(=O)N1O. The highest BCUT2D eigenvalue weighted by Gasteiger charge is 2.27. The maximum atomic E-state index is 10.5. The van der Waals surface area contributed by atoms with Crippen molar-refractivity contribution in [3.8, 4) is 0 Å². The molecule has 2 aliphatic heterocycles. The second kappa shape index (κ2) is 9.89. The molecule has 4 amide bonds. The maximum absolute atomic E-state index is 10.5. The van der Waals surface area contributed by atoms with Gasteiger partial charge in [0.1, 0.15) is 0 Å². The van der Waals surface area contributed by atoms with Crippen LogP contribution in [0.2, 0.25) is 0 Å². The van der Waals surface area contributed by atoms with Crippen LogP contribution in [0, 0.1) is 0 Å². The molecule has 0 aromatic heterocycles. The van der Waals surface area contributed by atoms with E-state index in [2.05, 4.69) is 0 Å². The van der Waals surface area contributed by atoms with E-state index in [0.29, 0.717) is 0 Å². The van der Waals surface area contributed by atoms with Gasteiger partial charge in [0.2, 0.25) is 0 Å². The molecule has 0 spiro atoms. The van der Waals surface area contributed by atoms with E-state index < -0.39 is 35.6 Å². The Morgan fingerprint density at radius 3 is 1.04 bits per heavy atom. The first-order chi connectivity index (χ1) is 13.1. The molecule has 0 radical (unpaired) electrons. The van der Waals surface area contributed by atoms with Crippen LogP contribution < -0.4 is 0 Å². The monoisotopic (exact) mass is 396 g/mol. The smallest absolute Gasteiger partial charge is 0.336 e. The topological polar surface area (TPSA) is 190 Å². The lowest BCUT2D eigenvalue weighted by molar-refractivity contribution is -0.172. The van der Waals surface area contributed by atoms with Crippen molar-refractivity contribution in [2.75, 3.05) is 0 Å². The number of hydrogen-bond donors (Lipinski definition) is 4. The Kier molecular flexibility index (Phi) is 7.91. The van der Waals surface area contributed by atoms with Crippen molar-refractivity contribution in [1.82, 2.24) is 10.1 Å². The van der Waals surface area contributed by atoms with Gasteiger partial charge in [0.15, 0.2) is 0 Å². The number of carbonyl (C=O) groups excluding carboxylic acids is 4. The van der Waals surface area contributed by atoms with Crippen LogP contribution in [-0.2, 0) is 19.2 Å². The summed E-state index contributed by atoms with van der Waals surface area (Å²) in [4.78, 5) is 61.9. The van der Waals surface area contributed by atoms with E-state index in [9.17, 15) is 28.8 Å². The highest BCUT2D eigenvalue weighted by Crippen LogP contribution is 2.08. The molecule has 1 aromatic rings. The van der Waals surface area contributed by atoms with Gasteiger partial charge in [-0.25, -0.2) is 9.59 Å². The number of nitrogens with zero attached hydrogens (tertiary/aromatic N) is 2. The average molecular weight is 396 g/mol. The Bertz CT molecular complexity index is 720. The average Bonchev–Trinajstić information content (AvgIpc) is 3.12. The van der Waals surface area contributed by atoms with Crippen molar-refractivity contribution in [2.24, 2.45) is 0 Å². The molecule has 2 heterocycles. The van der Waals surface area contributed by atoms with E-state index in [0.717, 1.165) is 0 Å². The summed E-state index contributed by atoms with van der Waals surface area (Å²) in [6.07, 6.45) is 0.593. The summed E-state index contributed by atoms with van der Waals surface area (Å²) in [6, 6.07) is 5.48. The maximum Gasteiger partial charge on any atom is 0.336 e. The summed E-state index contributed by atoms with van der Waals surface area (Å²) < 4.78 is 0. The van der Waals surface area contributed by atoms with E-state index in [4.69, 9.17) is 20.6 Å². The van der Waals surface area contributed by atoms with Crippen molar-refractivity contribution in [3.05, 3.63) is 35.4 Å². The minimum atomic E-state index is -1.23. The van der Waals surface area contributed by atoms with Crippen molar-refractivity contribution in [2.45, 2.75) is 25.7 Å². The van der Waals surface area contributed by atoms with Gasteiger partial charge in [-0.3, -0.25) is 29.6 Å². The van der Waals surface area contributed by atoms with Gasteiger partial charge < -0.3 is 10.2 Å². The predicted molar refractivity (Wildman–Crippen MR) is 86.1 cm³/mol. The van der Waals surface area contributed by atoms with Gasteiger partial charge in [-0.1, -0.05) is 12.1 Å². The quantitative estimate of drug-likeness (QED) is 0.395. The van der Waals surface area contributed by atoms with Crippen LogP contribution in [0.5, 0.6) is 0 Å². The number of rotatable bonds is 2. The first-order valence-electron chi connectivity index (χ1n) is 7.71. The zero-order valence-corrected chi connectivity index (χ0v) is 14.3. The van der Waals surface area contributed by atoms with Crippen molar-refractivity contribution in [3.63, 3.8) is 0 Å². The van der Waals surface area contributed by atoms with E-state index in [1.165, 1.54) is 24.3 Å². The van der Waals surface area contributed by atoms with Crippen LogP contribution in [0.15, 0.2) is 24.3 Å². The molecule has 0 aliphatic carbocycles. The van der Waals surface area contributed by atoms with Gasteiger partial charge in [-0.05, 0) is 12.1 Å². The van der Waals surface area contributed by atoms with Crippen LogP contribution in [0.1, 0.15) is 46.4 Å². The Morgan fingerprint density at radius 2 is 0.893 bits per heavy atom. The second-order valence-corrected chi connectivity index (χ2v) is 5.35. The van der Waals surface area contributed by atoms with Gasteiger partial charge in [0.25, 0.3) is 23.6 Å². The Hall–Kier alpha value is -3.64. The molecular weight excluding hydrogens is 380 g/mol. The largest absolute Gasteiger partial charge is 0.478 e. The molecule has 2 aliphatic rings. The number of carboxylic acids is 2. The lowest BCUT2D eigenvalue weighted by Gasteiger charge is -1.98. The molecule has 12 nitrogen and oxygen atoms in total. The number of aromatic carboxylic acids is 2. The van der Waals surface area contributed by atoms with Crippen molar-refractivity contribution < 1.29 is 49.4 Å². The van der Waals surface area contributed by atoms with Crippen LogP contribution >= 0.6 is 0 Å². The molecule has 1 aromatic carbocycles. The third-order valence-corrected chi connectivity index (χ3v) is 3.44. The number of amides is 4. The zero-order chi connectivity index (χ0) is 21.4. The number of imide groups is 2. The molecule has 12 heteroatoms. The molecule has 28 heavy (non-hydrogen) atoms. The Balaban J connectivity index is 0.000000217. The summed E-state index contributed by atoms with van der Waals surface area (Å²) in [5.74, 6) is -4.48. The number of hydroxylamine groups is 4. The minimum absolute atomic E-state index is 0.148. The van der Waals surface area contributed by atoms with Crippen molar-refractivity contribution in [1.29, 1.82) is 0 Å². The van der Waals surface area contributed by atoms with Gasteiger partial charge >= 0.3 is 11.9 Å². The molecule has 2 saturated heterocycles. The summed E-state index contributed by atoms with van der Waals surface area (Å²) in [5, 5.41) is 34.2. The molecule has 3 rings (SSSR count). The molecule has 4 N–H and O–H groups in total. The summed E-state index contributed by atoms with van der Waals surface area (Å²) >= 11 is 0. The van der Waals surface area contributed by atoms with E-state index in [1.807, 2.05) is 0 Å². The fraction of sp³-hybridized carbons (Fsp3) is 0.250. The van der Waals surface area contributed by atoms with Gasteiger partial charge in [-0.15, -0.1) is 0 Å². The number of hydrogen-bond acceptors (Lipinski definition) is 8. The van der Waals surface area contributed by atoms with E-state index >= 15 is 0 Å². The summed E-state index contributed by atoms with van der Waals surface area (Å²) in [6.45, 7) is 0. The highest BCUT2D eigenvalue weighted by molar-refractivity contribution is 6.02. The first-order valence-corrected chi connectivity index (χ1v) is 7.71. The molecule has 0 saturated carbocycles. The summed E-state index contributed by atoms with van der Waals surface area (Å²) in [7, 11) is 0. The van der Waals surface area contributed by atoms with Crippen molar-refractivity contribution >= 4 is 35.6 Å². The lowest BCUT2D eigenvalue weighted by atomic mass is 10.1. The fourth-order valence-electron chi connectivity index (χ4n) is 1.99. The Morgan fingerprint density at radius 1 is 0.643 bits per heavy atom. The minimum Gasteiger partial charge on any atom is -0.478 e. The molecular formula is C16H16N2O10. The van der Waals surface area contributed by atoms with E-state index in [1.54, 1.807) is 0 Å². The second-order valence-electron chi connectivity index (χ2n) is 5.35. The first kappa shape index (κ1) is 22.4. The van der Waals surface area contributed by atoms with Gasteiger partial charge in [-0.2, -0.15) is 10.1 Å². The highest BCUT2D eigenvalue weighted by atomic mass is 16.5. The normalized spacial score (nSPS) is 15.6. The molecule has 0 atom stereocenters. The molecule has 2 fully saturated rings. The van der Waals surface area contributed by atoms with Crippen LogP contribution in [0.3, 0.4) is 0 Å². The van der Waals surface area contributed by atoms with Gasteiger partial charge in [0, 0.05) is 25.7 Å². The van der Waals surface area contributed by atoms with Crippen LogP contribution in [0.4, 0.5) is 0 Å². The third kappa shape index (κ3) is 5.96. The summed E-state index contributed by atoms with van der Waals surface area (Å²) in [5.41, 5.74) is -0.380. The lowest BCUT2D eigenvalue weighted by Crippen LogP contribution is -2.24. The standard InChI is InChI=1S/C8H6O4.2C4H5NO3/c9-7(10)5-3-1-2-4-6(5)8(11)12;2*6-3-1-2-4(7)5(3)8/h1-4H,(H,9,10)(H,11,12);2*8H,1-2H2. The van der Waals surface area contributed by atoms with Gasteiger partial charge in [0.05, 0.1) is 11.1 Å². The number of carbonyl (C=O) groups is 6. The zero-order valence-electron chi connectivity index (χ0n) is 14.3. The fourth-order valence-corrected chi connectivity index (χ4v) is 1.99. The van der Waals surface area contributed by atoms with Crippen LogP contribution in [-0.4, -0.2) is 66.3 Å².